The van der Waals surface area contributed by atoms with E-state index in [1.54, 1.807) is 6.07 Å². The summed E-state index contributed by atoms with van der Waals surface area (Å²) in [7, 11) is 0. The number of nitrogens with zero attached hydrogens (tertiary/aromatic N) is 2. The molecular formula is C17H16ClN3O4. The van der Waals surface area contributed by atoms with Crippen molar-refractivity contribution in [2.45, 2.75) is 19.8 Å². The topological polar surface area (TPSA) is 111 Å². The van der Waals surface area contributed by atoms with Crippen LogP contribution in [0.4, 0.5) is 5.69 Å². The molecule has 1 aliphatic heterocycles. The van der Waals surface area contributed by atoms with E-state index in [1.165, 1.54) is 30.0 Å². The number of halogens is 1. The molecule has 1 atom stereocenters. The van der Waals surface area contributed by atoms with Crippen LogP contribution in [0, 0.1) is 22.7 Å². The summed E-state index contributed by atoms with van der Waals surface area (Å²) in [4.78, 5) is 37.3. The Morgan fingerprint density at radius 1 is 1.48 bits per heavy atom. The van der Waals surface area contributed by atoms with Crippen molar-refractivity contribution in [3.63, 3.8) is 0 Å². The molecular weight excluding hydrogens is 346 g/mol. The van der Waals surface area contributed by atoms with E-state index in [0.717, 1.165) is 6.42 Å². The molecule has 1 saturated heterocycles. The second-order valence-electron chi connectivity index (χ2n) is 5.60. The highest BCUT2D eigenvalue weighted by molar-refractivity contribution is 6.34. The van der Waals surface area contributed by atoms with Gasteiger partial charge in [-0.1, -0.05) is 11.6 Å². The van der Waals surface area contributed by atoms with Gasteiger partial charge in [0.15, 0.2) is 12.4 Å². The largest absolute Gasteiger partial charge is 0.454 e. The molecule has 0 spiro atoms. The molecule has 1 unspecified atom stereocenters. The van der Waals surface area contributed by atoms with Crippen molar-refractivity contribution >= 4 is 40.7 Å². The Labute approximate surface area is 149 Å². The summed E-state index contributed by atoms with van der Waals surface area (Å²) in [5.74, 6) is -2.72. The van der Waals surface area contributed by atoms with E-state index in [2.05, 4.69) is 0 Å². The van der Waals surface area contributed by atoms with Crippen LogP contribution in [-0.4, -0.2) is 36.5 Å². The Kier molecular flexibility index (Phi) is 5.88. The van der Waals surface area contributed by atoms with Gasteiger partial charge in [0.05, 0.1) is 22.3 Å². The maximum absolute atomic E-state index is 12.1. The van der Waals surface area contributed by atoms with Crippen molar-refractivity contribution in [2.24, 2.45) is 5.92 Å². The Hall–Kier alpha value is -2.72. The summed E-state index contributed by atoms with van der Waals surface area (Å²) in [6, 6.07) is 6.06. The van der Waals surface area contributed by atoms with Crippen LogP contribution in [-0.2, 0) is 14.3 Å². The minimum absolute atomic E-state index is 0.0686. The van der Waals surface area contributed by atoms with E-state index in [0.29, 0.717) is 23.7 Å². The van der Waals surface area contributed by atoms with Gasteiger partial charge in [0.2, 0.25) is 5.91 Å². The second-order valence-corrected chi connectivity index (χ2v) is 6.01. The monoisotopic (exact) mass is 361 g/mol. The number of anilines is 1. The van der Waals surface area contributed by atoms with Gasteiger partial charge < -0.3 is 15.0 Å². The Balaban J connectivity index is 2.10. The van der Waals surface area contributed by atoms with Crippen LogP contribution in [0.25, 0.3) is 0 Å². The Morgan fingerprint density at radius 2 is 2.20 bits per heavy atom. The molecule has 0 bridgehead atoms. The fourth-order valence-corrected chi connectivity index (χ4v) is 2.68. The molecule has 0 saturated carbocycles. The molecule has 1 aliphatic rings. The van der Waals surface area contributed by atoms with Crippen LogP contribution in [0.2, 0.25) is 5.02 Å². The molecule has 0 aromatic heterocycles. The Morgan fingerprint density at radius 3 is 2.76 bits per heavy atom. The van der Waals surface area contributed by atoms with E-state index < -0.39 is 24.3 Å². The van der Waals surface area contributed by atoms with Crippen molar-refractivity contribution in [2.75, 3.05) is 18.1 Å². The molecule has 130 valence electrons. The van der Waals surface area contributed by atoms with Crippen LogP contribution in [0.3, 0.4) is 0 Å². The highest BCUT2D eigenvalue weighted by Crippen LogP contribution is 2.30. The maximum atomic E-state index is 12.1. The second kappa shape index (κ2) is 7.90. The SMILES string of the molecule is CC(=N)C(C#N)C(=O)COC(=O)c1ccc(Cl)c(N2CCCC2=O)c1. The quantitative estimate of drug-likeness (QED) is 0.617. The van der Waals surface area contributed by atoms with Gasteiger partial charge in [-0.15, -0.1) is 0 Å². The molecule has 1 aromatic carbocycles. The molecule has 1 heterocycles. The zero-order chi connectivity index (χ0) is 18.6. The van der Waals surface area contributed by atoms with Crippen LogP contribution in [0.5, 0.6) is 0 Å². The molecule has 25 heavy (non-hydrogen) atoms. The first-order chi connectivity index (χ1) is 11.8. The summed E-state index contributed by atoms with van der Waals surface area (Å²) in [6.07, 6.45) is 1.15. The van der Waals surface area contributed by atoms with Gasteiger partial charge in [-0.3, -0.25) is 9.59 Å². The molecule has 7 nitrogen and oxygen atoms in total. The number of benzene rings is 1. The number of amides is 1. The van der Waals surface area contributed by atoms with Crippen molar-refractivity contribution in [1.82, 2.24) is 0 Å². The minimum Gasteiger partial charge on any atom is -0.454 e. The summed E-state index contributed by atoms with van der Waals surface area (Å²) < 4.78 is 4.92. The van der Waals surface area contributed by atoms with Gasteiger partial charge in [0, 0.05) is 18.7 Å². The maximum Gasteiger partial charge on any atom is 0.338 e. The molecule has 8 heteroatoms. The number of rotatable bonds is 6. The van der Waals surface area contributed by atoms with Crippen LogP contribution < -0.4 is 4.90 Å². The first-order valence-corrected chi connectivity index (χ1v) is 7.97. The average molecular weight is 362 g/mol. The highest BCUT2D eigenvalue weighted by Gasteiger charge is 2.25. The number of ether oxygens (including phenoxy) is 1. The molecule has 1 amide bonds. The van der Waals surface area contributed by atoms with Gasteiger partial charge >= 0.3 is 5.97 Å². The standard InChI is InChI=1S/C17H16ClN3O4/c1-10(20)12(8-19)15(22)9-25-17(24)11-4-5-13(18)14(7-11)21-6-2-3-16(21)23/h4-5,7,12,20H,2-3,6,9H2,1H3. The lowest BCUT2D eigenvalue weighted by molar-refractivity contribution is -0.122. The number of carbonyl (C=O) groups is 3. The van der Waals surface area contributed by atoms with Crippen molar-refractivity contribution in [3.05, 3.63) is 28.8 Å². The molecule has 0 radical (unpaired) electrons. The van der Waals surface area contributed by atoms with E-state index in [4.69, 9.17) is 27.0 Å². The van der Waals surface area contributed by atoms with Gasteiger partial charge in [0.1, 0.15) is 5.92 Å². The molecule has 1 N–H and O–H groups in total. The number of ketones is 1. The van der Waals surface area contributed by atoms with Crippen LogP contribution in [0.15, 0.2) is 18.2 Å². The van der Waals surface area contributed by atoms with E-state index >= 15 is 0 Å². The van der Waals surface area contributed by atoms with Gasteiger partial charge in [-0.25, -0.2) is 4.79 Å². The first-order valence-electron chi connectivity index (χ1n) is 7.59. The lowest BCUT2D eigenvalue weighted by Gasteiger charge is -2.18. The summed E-state index contributed by atoms with van der Waals surface area (Å²) >= 11 is 6.11. The minimum atomic E-state index is -1.23. The number of hydrogen-bond donors (Lipinski definition) is 1. The number of esters is 1. The third-order valence-corrected chi connectivity index (χ3v) is 4.10. The lowest BCUT2D eigenvalue weighted by Crippen LogP contribution is -2.26. The number of Topliss-reactive ketones (excluding diaryl/α,β-unsaturated/α-hetero) is 1. The zero-order valence-electron chi connectivity index (χ0n) is 13.5. The van der Waals surface area contributed by atoms with E-state index in [1.807, 2.05) is 0 Å². The molecule has 1 fully saturated rings. The summed E-state index contributed by atoms with van der Waals surface area (Å²) in [5, 5.41) is 16.6. The van der Waals surface area contributed by atoms with Crippen molar-refractivity contribution in [3.8, 4) is 6.07 Å². The molecule has 2 rings (SSSR count). The third-order valence-electron chi connectivity index (χ3n) is 3.78. The smallest absolute Gasteiger partial charge is 0.338 e. The fourth-order valence-electron chi connectivity index (χ4n) is 2.46. The third kappa shape index (κ3) is 4.22. The Bertz CT molecular complexity index is 785. The lowest BCUT2D eigenvalue weighted by atomic mass is 10.0. The molecule has 0 aliphatic carbocycles. The number of hydrogen-bond acceptors (Lipinski definition) is 6. The highest BCUT2D eigenvalue weighted by atomic mass is 35.5. The van der Waals surface area contributed by atoms with Gasteiger partial charge in [0.25, 0.3) is 0 Å². The van der Waals surface area contributed by atoms with E-state index in [9.17, 15) is 14.4 Å². The van der Waals surface area contributed by atoms with Gasteiger partial charge in [-0.05, 0) is 31.5 Å². The predicted octanol–water partition coefficient (Wildman–Crippen LogP) is 2.37. The number of nitriles is 1. The van der Waals surface area contributed by atoms with Crippen LogP contribution >= 0.6 is 11.6 Å². The average Bonchev–Trinajstić information content (AvgIpc) is 2.99. The fraction of sp³-hybridized carbons (Fsp3) is 0.353. The summed E-state index contributed by atoms with van der Waals surface area (Å²) in [6.45, 7) is 1.26. The normalized spacial score (nSPS) is 14.8. The predicted molar refractivity (Wildman–Crippen MR) is 90.8 cm³/mol. The van der Waals surface area contributed by atoms with Crippen molar-refractivity contribution < 1.29 is 19.1 Å². The van der Waals surface area contributed by atoms with Gasteiger partial charge in [-0.2, -0.15) is 5.26 Å². The number of carbonyl (C=O) groups excluding carboxylic acids is 3. The van der Waals surface area contributed by atoms with E-state index in [-0.39, 0.29) is 17.2 Å². The molecule has 1 aromatic rings. The first kappa shape index (κ1) is 18.6. The van der Waals surface area contributed by atoms with Crippen molar-refractivity contribution in [1.29, 1.82) is 10.7 Å². The van der Waals surface area contributed by atoms with Crippen LogP contribution in [0.1, 0.15) is 30.1 Å². The zero-order valence-corrected chi connectivity index (χ0v) is 14.3. The summed E-state index contributed by atoms with van der Waals surface area (Å²) in [5.41, 5.74) is 0.465. The number of nitrogens with one attached hydrogen (secondary N) is 1.